The number of rotatable bonds is 4. The molecule has 0 fully saturated rings. The highest BCUT2D eigenvalue weighted by Crippen LogP contribution is 2.33. The molecular weight excluding hydrogens is 240 g/mol. The topological polar surface area (TPSA) is 46.5 Å². The first-order valence-electron chi connectivity index (χ1n) is 6.42. The Kier molecular flexibility index (Phi) is 4.76. The minimum Gasteiger partial charge on any atom is -0.496 e. The van der Waals surface area contributed by atoms with Gasteiger partial charge in [0, 0.05) is 11.6 Å². The molecule has 0 saturated heterocycles. The SMILES string of the molecule is CC/C(=C\C(=O)O)c1cc(C(C)(C)C)ccc1OC. The van der Waals surface area contributed by atoms with Gasteiger partial charge in [0.25, 0.3) is 0 Å². The molecule has 0 aliphatic rings. The summed E-state index contributed by atoms with van der Waals surface area (Å²) in [6.07, 6.45) is 1.90. The van der Waals surface area contributed by atoms with Crippen LogP contribution in [0.5, 0.6) is 5.75 Å². The predicted octanol–water partition coefficient (Wildman–Crippen LogP) is 3.87. The molecule has 0 aromatic heterocycles. The van der Waals surface area contributed by atoms with E-state index in [1.165, 1.54) is 6.08 Å². The number of carbonyl (C=O) groups is 1. The normalized spacial score (nSPS) is 12.4. The van der Waals surface area contributed by atoms with Crippen LogP contribution < -0.4 is 4.74 Å². The highest BCUT2D eigenvalue weighted by molar-refractivity contribution is 5.91. The average Bonchev–Trinajstić information content (AvgIpc) is 2.33. The number of aliphatic carboxylic acids is 1. The van der Waals surface area contributed by atoms with E-state index in [4.69, 9.17) is 9.84 Å². The van der Waals surface area contributed by atoms with E-state index < -0.39 is 5.97 Å². The van der Waals surface area contributed by atoms with Gasteiger partial charge in [0.1, 0.15) is 5.75 Å². The molecule has 1 rings (SSSR count). The summed E-state index contributed by atoms with van der Waals surface area (Å²) in [5, 5.41) is 8.95. The number of hydrogen-bond donors (Lipinski definition) is 1. The number of allylic oxidation sites excluding steroid dienone is 1. The average molecular weight is 262 g/mol. The third-order valence-electron chi connectivity index (χ3n) is 3.09. The fourth-order valence-corrected chi connectivity index (χ4v) is 1.94. The van der Waals surface area contributed by atoms with Gasteiger partial charge in [-0.1, -0.05) is 33.8 Å². The van der Waals surface area contributed by atoms with Gasteiger partial charge in [-0.2, -0.15) is 0 Å². The van der Waals surface area contributed by atoms with Crippen LogP contribution in [-0.2, 0) is 10.2 Å². The van der Waals surface area contributed by atoms with Gasteiger partial charge in [-0.3, -0.25) is 0 Å². The molecule has 0 amide bonds. The molecule has 0 bridgehead atoms. The van der Waals surface area contributed by atoms with Crippen LogP contribution in [0.2, 0.25) is 0 Å². The number of benzene rings is 1. The standard InChI is InChI=1S/C16H22O3/c1-6-11(9-15(17)18)13-10-12(16(2,3)4)7-8-14(13)19-5/h7-10H,6H2,1-5H3,(H,17,18)/b11-9+. The highest BCUT2D eigenvalue weighted by atomic mass is 16.5. The molecule has 0 heterocycles. The van der Waals surface area contributed by atoms with E-state index in [2.05, 4.69) is 20.8 Å². The molecule has 104 valence electrons. The fraction of sp³-hybridized carbons (Fsp3) is 0.438. The van der Waals surface area contributed by atoms with Crippen LogP contribution in [0, 0.1) is 0 Å². The summed E-state index contributed by atoms with van der Waals surface area (Å²) in [4.78, 5) is 10.9. The molecule has 1 N–H and O–H groups in total. The van der Waals surface area contributed by atoms with Crippen molar-refractivity contribution in [3.8, 4) is 5.75 Å². The summed E-state index contributed by atoms with van der Waals surface area (Å²) in [6, 6.07) is 5.95. The van der Waals surface area contributed by atoms with Gasteiger partial charge in [-0.15, -0.1) is 0 Å². The van der Waals surface area contributed by atoms with E-state index in [1.54, 1.807) is 7.11 Å². The smallest absolute Gasteiger partial charge is 0.328 e. The minimum absolute atomic E-state index is 0.0170. The summed E-state index contributed by atoms with van der Waals surface area (Å²) in [5.74, 6) is -0.220. The van der Waals surface area contributed by atoms with Crippen LogP contribution in [0.25, 0.3) is 5.57 Å². The number of carboxylic acids is 1. The molecule has 19 heavy (non-hydrogen) atoms. The van der Waals surface area contributed by atoms with Gasteiger partial charge < -0.3 is 9.84 Å². The summed E-state index contributed by atoms with van der Waals surface area (Å²) in [6.45, 7) is 8.33. The van der Waals surface area contributed by atoms with Gasteiger partial charge >= 0.3 is 5.97 Å². The summed E-state index contributed by atoms with van der Waals surface area (Å²) >= 11 is 0. The van der Waals surface area contributed by atoms with E-state index in [1.807, 2.05) is 25.1 Å². The molecule has 0 atom stereocenters. The molecule has 1 aromatic rings. The zero-order valence-electron chi connectivity index (χ0n) is 12.3. The summed E-state index contributed by atoms with van der Waals surface area (Å²) in [7, 11) is 1.60. The minimum atomic E-state index is -0.930. The highest BCUT2D eigenvalue weighted by Gasteiger charge is 2.17. The van der Waals surface area contributed by atoms with Crippen molar-refractivity contribution in [2.75, 3.05) is 7.11 Å². The molecule has 0 aliphatic heterocycles. The summed E-state index contributed by atoms with van der Waals surface area (Å²) < 4.78 is 5.34. The van der Waals surface area contributed by atoms with Crippen molar-refractivity contribution < 1.29 is 14.6 Å². The maximum Gasteiger partial charge on any atom is 0.328 e. The second-order valence-corrected chi connectivity index (χ2v) is 5.53. The number of hydrogen-bond acceptors (Lipinski definition) is 2. The van der Waals surface area contributed by atoms with Crippen molar-refractivity contribution in [3.63, 3.8) is 0 Å². The van der Waals surface area contributed by atoms with Crippen LogP contribution in [0.15, 0.2) is 24.3 Å². The van der Waals surface area contributed by atoms with E-state index in [9.17, 15) is 4.79 Å². The summed E-state index contributed by atoms with van der Waals surface area (Å²) in [5.41, 5.74) is 2.81. The zero-order chi connectivity index (χ0) is 14.6. The van der Waals surface area contributed by atoms with Crippen LogP contribution in [0.3, 0.4) is 0 Å². The maximum atomic E-state index is 10.9. The Balaban J connectivity index is 3.41. The molecule has 1 aromatic carbocycles. The number of methoxy groups -OCH3 is 1. The fourth-order valence-electron chi connectivity index (χ4n) is 1.94. The second-order valence-electron chi connectivity index (χ2n) is 5.53. The molecule has 0 saturated carbocycles. The maximum absolute atomic E-state index is 10.9. The molecular formula is C16H22O3. The Morgan fingerprint density at radius 1 is 1.37 bits per heavy atom. The predicted molar refractivity (Wildman–Crippen MR) is 77.6 cm³/mol. The van der Waals surface area contributed by atoms with Crippen molar-refractivity contribution in [3.05, 3.63) is 35.4 Å². The first kappa shape index (κ1) is 15.3. The molecule has 3 heteroatoms. The molecule has 3 nitrogen and oxygen atoms in total. The molecule has 0 spiro atoms. The third-order valence-corrected chi connectivity index (χ3v) is 3.09. The van der Waals surface area contributed by atoms with E-state index in [-0.39, 0.29) is 5.41 Å². The molecule has 0 aliphatic carbocycles. The second kappa shape index (κ2) is 5.91. The number of ether oxygens (including phenoxy) is 1. The van der Waals surface area contributed by atoms with E-state index in [0.717, 1.165) is 16.7 Å². The Morgan fingerprint density at radius 3 is 2.42 bits per heavy atom. The lowest BCUT2D eigenvalue weighted by atomic mass is 9.85. The van der Waals surface area contributed by atoms with Crippen molar-refractivity contribution in [2.24, 2.45) is 0 Å². The zero-order valence-corrected chi connectivity index (χ0v) is 12.3. The van der Waals surface area contributed by atoms with Crippen molar-refractivity contribution in [1.82, 2.24) is 0 Å². The molecule has 0 radical (unpaired) electrons. The Morgan fingerprint density at radius 2 is 2.00 bits per heavy atom. The quantitative estimate of drug-likeness (QED) is 0.838. The molecule has 0 unspecified atom stereocenters. The van der Waals surface area contributed by atoms with Gasteiger partial charge in [0.05, 0.1) is 7.11 Å². The largest absolute Gasteiger partial charge is 0.496 e. The van der Waals surface area contributed by atoms with Crippen LogP contribution in [0.4, 0.5) is 0 Å². The monoisotopic (exact) mass is 262 g/mol. The van der Waals surface area contributed by atoms with E-state index >= 15 is 0 Å². The van der Waals surface area contributed by atoms with Gasteiger partial charge in [0.2, 0.25) is 0 Å². The lowest BCUT2D eigenvalue weighted by Crippen LogP contribution is -2.11. The van der Waals surface area contributed by atoms with Crippen molar-refractivity contribution >= 4 is 11.5 Å². The van der Waals surface area contributed by atoms with Crippen LogP contribution in [0.1, 0.15) is 45.2 Å². The number of carboxylic acid groups (broad SMARTS) is 1. The van der Waals surface area contributed by atoms with Crippen LogP contribution >= 0.6 is 0 Å². The third kappa shape index (κ3) is 3.85. The van der Waals surface area contributed by atoms with Gasteiger partial charge in [-0.05, 0) is 35.1 Å². The van der Waals surface area contributed by atoms with Crippen LogP contribution in [-0.4, -0.2) is 18.2 Å². The van der Waals surface area contributed by atoms with Crippen molar-refractivity contribution in [2.45, 2.75) is 39.5 Å². The van der Waals surface area contributed by atoms with Gasteiger partial charge in [-0.25, -0.2) is 4.79 Å². The first-order valence-corrected chi connectivity index (χ1v) is 6.42. The lowest BCUT2D eigenvalue weighted by Gasteiger charge is -2.21. The Labute approximate surface area is 114 Å². The van der Waals surface area contributed by atoms with Crippen molar-refractivity contribution in [1.29, 1.82) is 0 Å². The Bertz CT molecular complexity index is 493. The van der Waals surface area contributed by atoms with Gasteiger partial charge in [0.15, 0.2) is 0 Å². The Hall–Kier alpha value is -1.77. The van der Waals surface area contributed by atoms with E-state index in [0.29, 0.717) is 12.2 Å². The lowest BCUT2D eigenvalue weighted by molar-refractivity contribution is -0.131. The first-order chi connectivity index (χ1) is 8.79.